The van der Waals surface area contributed by atoms with Crippen molar-refractivity contribution in [3.8, 4) is 0 Å². The van der Waals surface area contributed by atoms with E-state index in [4.69, 9.17) is 5.73 Å². The van der Waals surface area contributed by atoms with Crippen molar-refractivity contribution in [3.63, 3.8) is 0 Å². The molecule has 5 saturated heterocycles. The van der Waals surface area contributed by atoms with Gasteiger partial charge in [0.1, 0.15) is 0 Å². The van der Waals surface area contributed by atoms with E-state index < -0.39 is 0 Å². The van der Waals surface area contributed by atoms with Crippen molar-refractivity contribution in [1.29, 1.82) is 0 Å². The minimum atomic E-state index is 0. The first-order valence-electron chi connectivity index (χ1n) is 18.1. The van der Waals surface area contributed by atoms with Gasteiger partial charge in [-0.2, -0.15) is 0 Å². The molecule has 9 rings (SSSR count). The summed E-state index contributed by atoms with van der Waals surface area (Å²) in [5, 5.41) is 33.6. The average Bonchev–Trinajstić information content (AvgIpc) is 3.73. The summed E-state index contributed by atoms with van der Waals surface area (Å²) < 4.78 is 0. The smallest absolute Gasteiger partial charge is 0.0643 e. The Kier molecular flexibility index (Phi) is 8.56. The van der Waals surface area contributed by atoms with E-state index in [1.54, 1.807) is 0 Å². The Balaban J connectivity index is 0.00000267. The van der Waals surface area contributed by atoms with Crippen molar-refractivity contribution in [1.82, 2.24) is 42.5 Å². The third-order valence-electron chi connectivity index (χ3n) is 13.9. The molecule has 0 spiro atoms. The first-order valence-corrected chi connectivity index (χ1v) is 18.1. The Hall–Kier alpha value is 0.263. The summed E-state index contributed by atoms with van der Waals surface area (Å²) in [5.74, 6) is 5.37. The Bertz CT molecular complexity index is 955. The molecule has 0 aromatic heterocycles. The Morgan fingerprint density at radius 3 is 0.905 bits per heavy atom. The van der Waals surface area contributed by atoms with Crippen LogP contribution in [-0.4, -0.2) is 55.4 Å². The summed E-state index contributed by atoms with van der Waals surface area (Å²) >= 11 is 0. The topological polar surface area (TPSA) is 122 Å². The predicted molar refractivity (Wildman–Crippen MR) is 161 cm³/mol. The maximum Gasteiger partial charge on any atom is 0.0643 e. The summed E-state index contributed by atoms with van der Waals surface area (Å²) in [6, 6.07) is 0.279. The molecule has 4 aliphatic carbocycles. The number of fused-ring (bicyclic) bond motifs is 20. The van der Waals surface area contributed by atoms with Gasteiger partial charge in [0.2, 0.25) is 0 Å². The zero-order valence-electron chi connectivity index (χ0n) is 25.4. The molecule has 9 nitrogen and oxygen atoms in total. The third-order valence-corrected chi connectivity index (χ3v) is 13.9. The first-order chi connectivity index (χ1) is 20.2. The number of hydrogen-bond acceptors (Lipinski definition) is 9. The number of nitrogens with two attached hydrogens (primary N) is 1. The number of nitrogens with one attached hydrogen (secondary N) is 8. The molecule has 238 valence electrons. The van der Waals surface area contributed by atoms with Crippen LogP contribution in [0.4, 0.5) is 0 Å². The van der Waals surface area contributed by atoms with Gasteiger partial charge in [0.25, 0.3) is 0 Å². The Labute approximate surface area is 266 Å². The van der Waals surface area contributed by atoms with Crippen molar-refractivity contribution in [3.05, 3.63) is 0 Å². The van der Waals surface area contributed by atoms with Gasteiger partial charge in [-0.1, -0.05) is 44.9 Å². The van der Waals surface area contributed by atoms with Crippen LogP contribution in [0.3, 0.4) is 0 Å². The first kappa shape index (κ1) is 29.7. The van der Waals surface area contributed by atoms with Crippen LogP contribution in [0.25, 0.3) is 0 Å². The largest absolute Gasteiger partial charge is 0.327 e. The van der Waals surface area contributed by atoms with Crippen molar-refractivity contribution in [2.45, 2.75) is 152 Å². The van der Waals surface area contributed by atoms with E-state index in [0.717, 1.165) is 18.3 Å². The second kappa shape index (κ2) is 12.1. The standard InChI is InChI=1S/C32H57N9.Ru/c33-23-15-7-14-22-24(23)32-40-30-21-13-6-5-12-20(21)28(38-30)36-26-17-9-2-1-8-16(17)25(34-26)35-27-18-10-3-4-11-19(18)29(37-27)39-31(22)41-32;/h16-32,34-41H,1-15,33H2;. The fourth-order valence-electron chi connectivity index (χ4n) is 12.1. The van der Waals surface area contributed by atoms with Crippen LogP contribution in [0.2, 0.25) is 0 Å². The van der Waals surface area contributed by atoms with Crippen LogP contribution in [0.5, 0.6) is 0 Å². The van der Waals surface area contributed by atoms with Crippen molar-refractivity contribution < 1.29 is 19.5 Å². The van der Waals surface area contributed by atoms with E-state index >= 15 is 0 Å². The molecule has 5 aliphatic heterocycles. The van der Waals surface area contributed by atoms with E-state index in [1.165, 1.54) is 89.9 Å². The molecule has 4 saturated carbocycles. The molecule has 9 aliphatic rings. The predicted octanol–water partition coefficient (Wildman–Crippen LogP) is 1.54. The summed E-state index contributed by atoms with van der Waals surface area (Å²) in [7, 11) is 0. The fraction of sp³-hybridized carbons (Fsp3) is 1.00. The minimum absolute atomic E-state index is 0. The Morgan fingerprint density at radius 2 is 0.571 bits per heavy atom. The zero-order chi connectivity index (χ0) is 27.1. The molecule has 5 heterocycles. The monoisotopic (exact) mass is 669 g/mol. The maximum atomic E-state index is 6.95. The van der Waals surface area contributed by atoms with Crippen LogP contribution in [0.1, 0.15) is 96.3 Å². The summed E-state index contributed by atoms with van der Waals surface area (Å²) in [6.45, 7) is 0. The molecule has 0 aromatic rings. The molecule has 0 amide bonds. The maximum absolute atomic E-state index is 6.95. The number of hydrogen-bond donors (Lipinski definition) is 9. The summed E-state index contributed by atoms with van der Waals surface area (Å²) in [5.41, 5.74) is 6.95. The molecule has 9 fully saturated rings. The minimum Gasteiger partial charge on any atom is -0.327 e. The third kappa shape index (κ3) is 5.01. The van der Waals surface area contributed by atoms with Gasteiger partial charge in [0.05, 0.1) is 49.3 Å². The second-order valence-electron chi connectivity index (χ2n) is 15.8. The van der Waals surface area contributed by atoms with Gasteiger partial charge < -0.3 is 5.73 Å². The van der Waals surface area contributed by atoms with Gasteiger partial charge >= 0.3 is 0 Å². The molecule has 17 unspecified atom stereocenters. The van der Waals surface area contributed by atoms with Gasteiger partial charge in [-0.3, -0.25) is 42.5 Å². The van der Waals surface area contributed by atoms with Crippen LogP contribution in [0.15, 0.2) is 0 Å². The van der Waals surface area contributed by atoms with E-state index in [-0.39, 0.29) is 31.7 Å². The molecule has 10 heteroatoms. The summed E-state index contributed by atoms with van der Waals surface area (Å²) in [6.07, 6.45) is 23.0. The second-order valence-corrected chi connectivity index (χ2v) is 15.8. The van der Waals surface area contributed by atoms with Crippen molar-refractivity contribution in [2.75, 3.05) is 0 Å². The normalized spacial score (nSPS) is 56.9. The summed E-state index contributed by atoms with van der Waals surface area (Å²) in [4.78, 5) is 0. The van der Waals surface area contributed by atoms with Gasteiger partial charge in [-0.25, -0.2) is 0 Å². The van der Waals surface area contributed by atoms with Crippen LogP contribution in [0, 0.1) is 47.3 Å². The molecule has 0 aromatic carbocycles. The zero-order valence-corrected chi connectivity index (χ0v) is 27.1. The molecule has 42 heavy (non-hydrogen) atoms. The van der Waals surface area contributed by atoms with Crippen molar-refractivity contribution >= 4 is 0 Å². The average molecular weight is 669 g/mol. The molecule has 10 N–H and O–H groups in total. The van der Waals surface area contributed by atoms with E-state index in [9.17, 15) is 0 Å². The molecular formula is C32H57N9Ru. The van der Waals surface area contributed by atoms with Crippen LogP contribution < -0.4 is 48.3 Å². The van der Waals surface area contributed by atoms with Crippen LogP contribution in [-0.2, 0) is 19.5 Å². The number of rotatable bonds is 0. The van der Waals surface area contributed by atoms with Gasteiger partial charge in [-0.15, -0.1) is 0 Å². The SMILES string of the molecule is NC1CCCC2C3NC4NC(NC5NC(NC6NC(NC(N3)C12)C1CCCCC61)C1CCCCC51)C1CCCCC41.[Ru]. The van der Waals surface area contributed by atoms with Crippen molar-refractivity contribution in [2.24, 2.45) is 53.1 Å². The molecule has 17 atom stereocenters. The Morgan fingerprint density at radius 1 is 0.310 bits per heavy atom. The van der Waals surface area contributed by atoms with Gasteiger partial charge in [0, 0.05) is 31.4 Å². The molecule has 0 radical (unpaired) electrons. The quantitative estimate of drug-likeness (QED) is 0.177. The van der Waals surface area contributed by atoms with Gasteiger partial charge in [-0.05, 0) is 92.8 Å². The van der Waals surface area contributed by atoms with Crippen LogP contribution >= 0.6 is 0 Å². The van der Waals surface area contributed by atoms with Gasteiger partial charge in [0.15, 0.2) is 0 Å². The van der Waals surface area contributed by atoms with E-state index in [2.05, 4.69) is 42.5 Å². The fourth-order valence-corrected chi connectivity index (χ4v) is 12.1. The molecule has 8 bridgehead atoms. The molecular weight excluding hydrogens is 611 g/mol. The van der Waals surface area contributed by atoms with E-state index in [0.29, 0.717) is 78.7 Å². The van der Waals surface area contributed by atoms with E-state index in [1.807, 2.05) is 0 Å².